The number of rotatable bonds is 6. The minimum absolute atomic E-state index is 0.392. The van der Waals surface area contributed by atoms with Crippen LogP contribution in [0.5, 0.6) is 0 Å². The number of hydrogen-bond donors (Lipinski definition) is 3. The van der Waals surface area contributed by atoms with Gasteiger partial charge in [-0.15, -0.1) is 0 Å². The monoisotopic (exact) mass is 419 g/mol. The van der Waals surface area contributed by atoms with Crippen molar-refractivity contribution in [1.29, 1.82) is 0 Å². The Hall–Kier alpha value is -3.75. The highest BCUT2D eigenvalue weighted by Crippen LogP contribution is 2.20. The Labute approximate surface area is 179 Å². The molecule has 0 radical (unpaired) electrons. The van der Waals surface area contributed by atoms with Crippen LogP contribution >= 0.6 is 0 Å². The van der Waals surface area contributed by atoms with E-state index in [-0.39, 0.29) is 0 Å². The van der Waals surface area contributed by atoms with E-state index >= 15 is 0 Å². The van der Waals surface area contributed by atoms with E-state index in [9.17, 15) is 4.79 Å². The highest BCUT2D eigenvalue weighted by atomic mass is 16.4. The fraction of sp³-hybridized carbons (Fsp3) is 0.318. The lowest BCUT2D eigenvalue weighted by Crippen LogP contribution is -2.22. The van der Waals surface area contributed by atoms with Crippen LogP contribution in [0.25, 0.3) is 22.1 Å². The van der Waals surface area contributed by atoms with Gasteiger partial charge in [-0.1, -0.05) is 25.7 Å². The van der Waals surface area contributed by atoms with Crippen LogP contribution < -0.4 is 10.6 Å². The first-order chi connectivity index (χ1) is 15.2. The molecule has 1 aliphatic carbocycles. The molecule has 0 saturated heterocycles. The van der Waals surface area contributed by atoms with Crippen LogP contribution in [0.4, 0.5) is 16.4 Å². The van der Waals surface area contributed by atoms with E-state index in [2.05, 4.69) is 30.6 Å². The van der Waals surface area contributed by atoms with Crippen LogP contribution in [-0.4, -0.2) is 42.2 Å². The molecule has 3 aromatic heterocycles. The molecule has 3 N–H and O–H groups in total. The number of carbonyl (C=O) groups is 1. The fourth-order valence-corrected chi connectivity index (χ4v) is 3.08. The lowest BCUT2D eigenvalue weighted by Gasteiger charge is -2.08. The summed E-state index contributed by atoms with van der Waals surface area (Å²) in [6.45, 7) is 1.05. The first-order valence-corrected chi connectivity index (χ1v) is 10.5. The summed E-state index contributed by atoms with van der Waals surface area (Å²) < 4.78 is 1.98. The molecule has 4 aromatic rings. The molecule has 0 aliphatic heterocycles. The van der Waals surface area contributed by atoms with Crippen LogP contribution in [0.3, 0.4) is 0 Å². The van der Waals surface area contributed by atoms with Gasteiger partial charge in [-0.2, -0.15) is 4.98 Å². The van der Waals surface area contributed by atoms with Crippen LogP contribution in [0.15, 0.2) is 49.1 Å². The molecule has 0 spiro atoms. The van der Waals surface area contributed by atoms with Gasteiger partial charge in [0.25, 0.3) is 0 Å². The van der Waals surface area contributed by atoms with Crippen molar-refractivity contribution in [3.63, 3.8) is 0 Å². The average Bonchev–Trinajstić information content (AvgIpc) is 3.12. The van der Waals surface area contributed by atoms with Crippen molar-refractivity contribution in [3.05, 3.63) is 49.1 Å². The van der Waals surface area contributed by atoms with Gasteiger partial charge in [-0.25, -0.2) is 9.78 Å². The molecular weight excluding hydrogens is 394 g/mol. The first-order valence-electron chi connectivity index (χ1n) is 10.5. The van der Waals surface area contributed by atoms with Gasteiger partial charge in [0.05, 0.1) is 11.0 Å². The maximum Gasteiger partial charge on any atom is 0.404 e. The van der Waals surface area contributed by atoms with Crippen molar-refractivity contribution >= 4 is 39.8 Å². The summed E-state index contributed by atoms with van der Waals surface area (Å²) in [7, 11) is 0. The molecule has 31 heavy (non-hydrogen) atoms. The second-order valence-electron chi connectivity index (χ2n) is 7.37. The summed E-state index contributed by atoms with van der Waals surface area (Å²) in [5.41, 5.74) is 3.23. The molecule has 1 saturated carbocycles. The van der Waals surface area contributed by atoms with E-state index in [0.29, 0.717) is 25.5 Å². The second kappa shape index (κ2) is 9.84. The zero-order valence-corrected chi connectivity index (χ0v) is 17.2. The van der Waals surface area contributed by atoms with Crippen LogP contribution in [0.2, 0.25) is 0 Å². The van der Waals surface area contributed by atoms with Gasteiger partial charge in [0.2, 0.25) is 5.95 Å². The predicted molar refractivity (Wildman–Crippen MR) is 119 cm³/mol. The Morgan fingerprint density at radius 1 is 1.03 bits per heavy atom. The Kier molecular flexibility index (Phi) is 6.51. The zero-order chi connectivity index (χ0) is 21.5. The number of nitrogens with one attached hydrogen (secondary N) is 2. The summed E-state index contributed by atoms with van der Waals surface area (Å²) >= 11 is 0. The summed E-state index contributed by atoms with van der Waals surface area (Å²) in [6, 6.07) is 7.63. The molecule has 0 unspecified atom stereocenters. The van der Waals surface area contributed by atoms with Crippen molar-refractivity contribution in [2.24, 2.45) is 0 Å². The summed E-state index contributed by atoms with van der Waals surface area (Å²) in [4.78, 5) is 28.0. The van der Waals surface area contributed by atoms with Gasteiger partial charge in [0.1, 0.15) is 5.65 Å². The smallest absolute Gasteiger partial charge is 0.404 e. The molecule has 1 amide bonds. The minimum atomic E-state index is -1.01. The van der Waals surface area contributed by atoms with Crippen molar-refractivity contribution < 1.29 is 9.90 Å². The van der Waals surface area contributed by atoms with E-state index in [4.69, 9.17) is 5.11 Å². The van der Waals surface area contributed by atoms with Gasteiger partial charge >= 0.3 is 6.09 Å². The fourth-order valence-electron chi connectivity index (χ4n) is 3.08. The predicted octanol–water partition coefficient (Wildman–Crippen LogP) is 4.34. The Morgan fingerprint density at radius 3 is 2.55 bits per heavy atom. The quantitative estimate of drug-likeness (QED) is 0.398. The minimum Gasteiger partial charge on any atom is -0.465 e. The third-order valence-electron chi connectivity index (χ3n) is 5.08. The third kappa shape index (κ3) is 5.44. The number of aromatic nitrogens is 5. The van der Waals surface area contributed by atoms with Crippen LogP contribution in [0, 0.1) is 0 Å². The molecule has 9 heteroatoms. The highest BCUT2D eigenvalue weighted by molar-refractivity contribution is 5.80. The topological polar surface area (TPSA) is 118 Å². The molecule has 1 aliphatic rings. The Balaban J connectivity index is 0.000000520. The maximum atomic E-state index is 10.5. The van der Waals surface area contributed by atoms with E-state index in [1.807, 2.05) is 35.0 Å². The molecule has 5 rings (SSSR count). The molecule has 1 fully saturated rings. The summed E-state index contributed by atoms with van der Waals surface area (Å²) in [5, 5.41) is 15.1. The molecule has 9 nitrogen and oxygen atoms in total. The van der Waals surface area contributed by atoms with Crippen molar-refractivity contribution in [1.82, 2.24) is 29.8 Å². The molecule has 0 atom stereocenters. The van der Waals surface area contributed by atoms with E-state index in [1.54, 1.807) is 18.6 Å². The van der Waals surface area contributed by atoms with Gasteiger partial charge in [-0.05, 0) is 30.7 Å². The number of benzene rings is 1. The number of amides is 1. The lowest BCUT2D eigenvalue weighted by molar-refractivity contribution is 0.194. The number of hydrogen-bond acceptors (Lipinski definition) is 6. The van der Waals surface area contributed by atoms with Gasteiger partial charge in [-0.3, -0.25) is 9.97 Å². The number of aryl methyl sites for hydroxylation is 1. The first kappa shape index (κ1) is 20.5. The van der Waals surface area contributed by atoms with E-state index in [1.165, 1.54) is 25.7 Å². The number of carboxylic acid groups (broad SMARTS) is 1. The highest BCUT2D eigenvalue weighted by Gasteiger charge is 2.07. The van der Waals surface area contributed by atoms with Crippen molar-refractivity contribution in [2.75, 3.05) is 11.9 Å². The average molecular weight is 419 g/mol. The standard InChI is InChI=1S/C18H17N7O2.C4H8/c26-18(27)21-5-1-8-25-9-4-12-11-22-17(24-16(12)25)23-13-2-3-14-15(10-13)20-7-6-19-14;1-2-4-3-1/h2-4,6-7,9-11,21H,1,5,8H2,(H,26,27)(H,22,23,24);1-4H2. The lowest BCUT2D eigenvalue weighted by atomic mass is 10.0. The largest absolute Gasteiger partial charge is 0.465 e. The third-order valence-corrected chi connectivity index (χ3v) is 5.08. The number of anilines is 2. The summed E-state index contributed by atoms with van der Waals surface area (Å²) in [5.74, 6) is 0.481. The zero-order valence-electron chi connectivity index (χ0n) is 17.2. The Morgan fingerprint density at radius 2 is 1.81 bits per heavy atom. The van der Waals surface area contributed by atoms with Gasteiger partial charge in [0.15, 0.2) is 0 Å². The van der Waals surface area contributed by atoms with Crippen LogP contribution in [0.1, 0.15) is 32.1 Å². The van der Waals surface area contributed by atoms with Gasteiger partial charge in [0, 0.05) is 49.0 Å². The Bertz CT molecular complexity index is 1170. The van der Waals surface area contributed by atoms with Crippen molar-refractivity contribution in [3.8, 4) is 0 Å². The van der Waals surface area contributed by atoms with E-state index in [0.717, 1.165) is 27.8 Å². The van der Waals surface area contributed by atoms with Crippen LogP contribution in [-0.2, 0) is 6.54 Å². The molecule has 3 heterocycles. The maximum absolute atomic E-state index is 10.5. The van der Waals surface area contributed by atoms with Crippen molar-refractivity contribution in [2.45, 2.75) is 38.6 Å². The normalized spacial score (nSPS) is 12.6. The van der Waals surface area contributed by atoms with E-state index < -0.39 is 6.09 Å². The molecule has 160 valence electrons. The van der Waals surface area contributed by atoms with Gasteiger partial charge < -0.3 is 20.3 Å². The molecule has 1 aromatic carbocycles. The number of fused-ring (bicyclic) bond motifs is 2. The second-order valence-corrected chi connectivity index (χ2v) is 7.37. The SMILES string of the molecule is C1CCC1.O=C(O)NCCCn1ccc2cnc(Nc3ccc4nccnc4c3)nc21. The molecular formula is C22H25N7O2. The molecule has 0 bridgehead atoms. The number of nitrogens with zero attached hydrogens (tertiary/aromatic N) is 5. The summed E-state index contributed by atoms with van der Waals surface area (Å²) in [6.07, 6.45) is 12.7.